The van der Waals surface area contributed by atoms with Gasteiger partial charge < -0.3 is 10.2 Å². The minimum absolute atomic E-state index is 0. The average molecular weight is 289 g/mol. The first kappa shape index (κ1) is 15.3. The highest BCUT2D eigenvalue weighted by Crippen LogP contribution is 2.12. The van der Waals surface area contributed by atoms with Crippen molar-refractivity contribution in [1.29, 1.82) is 0 Å². The molecule has 0 spiro atoms. The third-order valence-electron chi connectivity index (χ3n) is 2.97. The van der Waals surface area contributed by atoms with Gasteiger partial charge in [0.1, 0.15) is 0 Å². The number of hydrogen-bond donors (Lipinski definition) is 1. The van der Waals surface area contributed by atoms with Crippen LogP contribution in [0.3, 0.4) is 0 Å². The number of nitrogens with one attached hydrogen (secondary N) is 1. The Morgan fingerprint density at radius 1 is 1.56 bits per heavy atom. The largest absolute Gasteiger partial charge is 0.340 e. The van der Waals surface area contributed by atoms with Gasteiger partial charge in [0, 0.05) is 30.7 Å². The van der Waals surface area contributed by atoms with Gasteiger partial charge >= 0.3 is 0 Å². The summed E-state index contributed by atoms with van der Waals surface area (Å²) in [5, 5.41) is 4.01. The summed E-state index contributed by atoms with van der Waals surface area (Å²) in [7, 11) is 0. The monoisotopic (exact) mass is 288 g/mol. The van der Waals surface area contributed by atoms with Crippen LogP contribution in [0.25, 0.3) is 0 Å². The lowest BCUT2D eigenvalue weighted by Gasteiger charge is -2.32. The molecule has 1 N–H and O–H groups in total. The first-order valence-electron chi connectivity index (χ1n) is 5.91. The van der Waals surface area contributed by atoms with Crippen LogP contribution in [-0.4, -0.2) is 36.5 Å². The molecule has 1 aliphatic heterocycles. The third kappa shape index (κ3) is 4.16. The van der Waals surface area contributed by atoms with Gasteiger partial charge in [0.2, 0.25) is 5.91 Å². The summed E-state index contributed by atoms with van der Waals surface area (Å²) in [6.45, 7) is 4.56. The average Bonchev–Trinajstić information content (AvgIpc) is 2.29. The van der Waals surface area contributed by atoms with E-state index in [2.05, 4.69) is 12.2 Å². The first-order chi connectivity index (χ1) is 8.15. The van der Waals surface area contributed by atoms with Gasteiger partial charge in [-0.15, -0.1) is 12.4 Å². The molecule has 1 heterocycles. The molecule has 2 rings (SSSR count). The number of carbonyl (C=O) groups excluding carboxylic acids is 1. The van der Waals surface area contributed by atoms with E-state index < -0.39 is 0 Å². The van der Waals surface area contributed by atoms with Gasteiger partial charge in [0.25, 0.3) is 0 Å². The molecule has 0 saturated carbocycles. The van der Waals surface area contributed by atoms with Crippen molar-refractivity contribution in [3.63, 3.8) is 0 Å². The van der Waals surface area contributed by atoms with Gasteiger partial charge in [-0.25, -0.2) is 0 Å². The Labute approximate surface area is 119 Å². The Hall–Kier alpha value is -0.770. The summed E-state index contributed by atoms with van der Waals surface area (Å²) in [4.78, 5) is 14.0. The van der Waals surface area contributed by atoms with Crippen LogP contribution in [0.15, 0.2) is 24.3 Å². The van der Waals surface area contributed by atoms with Crippen LogP contribution in [0.4, 0.5) is 0 Å². The van der Waals surface area contributed by atoms with E-state index in [1.165, 1.54) is 0 Å². The molecule has 1 aliphatic rings. The number of halogens is 2. The van der Waals surface area contributed by atoms with Crippen molar-refractivity contribution in [2.45, 2.75) is 19.4 Å². The van der Waals surface area contributed by atoms with E-state index in [-0.39, 0.29) is 18.3 Å². The van der Waals surface area contributed by atoms with E-state index in [9.17, 15) is 4.79 Å². The number of amides is 1. The van der Waals surface area contributed by atoms with Gasteiger partial charge in [0.05, 0.1) is 6.42 Å². The predicted octanol–water partition coefficient (Wildman–Crippen LogP) is 2.12. The Balaban J connectivity index is 0.00000162. The van der Waals surface area contributed by atoms with Crippen LogP contribution in [0, 0.1) is 0 Å². The Kier molecular flexibility index (Phi) is 5.93. The van der Waals surface area contributed by atoms with Crippen LogP contribution in [0.2, 0.25) is 5.02 Å². The highest BCUT2D eigenvalue weighted by atomic mass is 35.5. The predicted molar refractivity (Wildman–Crippen MR) is 76.4 cm³/mol. The maximum atomic E-state index is 12.1. The number of hydrogen-bond acceptors (Lipinski definition) is 2. The van der Waals surface area contributed by atoms with Crippen LogP contribution in [-0.2, 0) is 11.2 Å². The molecule has 3 nitrogen and oxygen atoms in total. The smallest absolute Gasteiger partial charge is 0.227 e. The summed E-state index contributed by atoms with van der Waals surface area (Å²) in [6.07, 6.45) is 0.438. The molecule has 1 saturated heterocycles. The van der Waals surface area contributed by atoms with Crippen molar-refractivity contribution < 1.29 is 4.79 Å². The van der Waals surface area contributed by atoms with Gasteiger partial charge in [-0.1, -0.05) is 23.7 Å². The lowest BCUT2D eigenvalue weighted by molar-refractivity contribution is -0.131. The van der Waals surface area contributed by atoms with Crippen LogP contribution >= 0.6 is 24.0 Å². The second kappa shape index (κ2) is 6.98. The zero-order valence-electron chi connectivity index (χ0n) is 10.4. The maximum Gasteiger partial charge on any atom is 0.227 e. The van der Waals surface area contributed by atoms with Crippen molar-refractivity contribution in [2.75, 3.05) is 19.6 Å². The van der Waals surface area contributed by atoms with Crippen molar-refractivity contribution in [3.8, 4) is 0 Å². The second-order valence-corrected chi connectivity index (χ2v) is 4.94. The topological polar surface area (TPSA) is 32.3 Å². The number of piperazine rings is 1. The number of nitrogens with zero attached hydrogens (tertiary/aromatic N) is 1. The van der Waals surface area contributed by atoms with Crippen LogP contribution < -0.4 is 5.32 Å². The minimum Gasteiger partial charge on any atom is -0.340 e. The van der Waals surface area contributed by atoms with Crippen molar-refractivity contribution in [2.24, 2.45) is 0 Å². The quantitative estimate of drug-likeness (QED) is 0.904. The molecule has 5 heteroatoms. The fourth-order valence-corrected chi connectivity index (χ4v) is 2.31. The van der Waals surface area contributed by atoms with Gasteiger partial charge in [-0.2, -0.15) is 0 Å². The van der Waals surface area contributed by atoms with Crippen LogP contribution in [0.1, 0.15) is 12.5 Å². The molecule has 0 radical (unpaired) electrons. The van der Waals surface area contributed by atoms with E-state index >= 15 is 0 Å². The van der Waals surface area contributed by atoms with Crippen molar-refractivity contribution >= 4 is 29.9 Å². The molecule has 1 aromatic carbocycles. The summed E-state index contributed by atoms with van der Waals surface area (Å²) >= 11 is 5.90. The molecule has 0 aromatic heterocycles. The minimum atomic E-state index is 0. The van der Waals surface area contributed by atoms with E-state index in [0.29, 0.717) is 17.5 Å². The molecule has 1 fully saturated rings. The summed E-state index contributed by atoms with van der Waals surface area (Å²) in [5.41, 5.74) is 0.980. The molecule has 1 amide bonds. The number of rotatable bonds is 2. The van der Waals surface area contributed by atoms with Gasteiger partial charge in [-0.3, -0.25) is 4.79 Å². The SMILES string of the molecule is C[C@@H]1CN(C(=O)Cc2cccc(Cl)c2)CCN1.Cl. The number of benzene rings is 1. The van der Waals surface area contributed by atoms with Gasteiger partial charge in [0.15, 0.2) is 0 Å². The molecular weight excluding hydrogens is 271 g/mol. The zero-order valence-corrected chi connectivity index (χ0v) is 11.9. The van der Waals surface area contributed by atoms with E-state index in [1.807, 2.05) is 29.2 Å². The Morgan fingerprint density at radius 3 is 3.00 bits per heavy atom. The lowest BCUT2D eigenvalue weighted by Crippen LogP contribution is -2.51. The molecule has 0 unspecified atom stereocenters. The normalized spacial score (nSPS) is 19.2. The van der Waals surface area contributed by atoms with E-state index in [0.717, 1.165) is 25.2 Å². The summed E-state index contributed by atoms with van der Waals surface area (Å²) < 4.78 is 0. The molecule has 1 atom stereocenters. The Bertz CT molecular complexity index is 412. The molecule has 18 heavy (non-hydrogen) atoms. The van der Waals surface area contributed by atoms with Crippen molar-refractivity contribution in [3.05, 3.63) is 34.9 Å². The fourth-order valence-electron chi connectivity index (χ4n) is 2.09. The molecular formula is C13H18Cl2N2O. The van der Waals surface area contributed by atoms with Gasteiger partial charge in [-0.05, 0) is 24.6 Å². The Morgan fingerprint density at radius 2 is 2.33 bits per heavy atom. The van der Waals surface area contributed by atoms with E-state index in [4.69, 9.17) is 11.6 Å². The zero-order chi connectivity index (χ0) is 12.3. The number of carbonyl (C=O) groups is 1. The lowest BCUT2D eigenvalue weighted by atomic mass is 10.1. The third-order valence-corrected chi connectivity index (χ3v) is 3.20. The fraction of sp³-hybridized carbons (Fsp3) is 0.462. The summed E-state index contributed by atoms with van der Waals surface area (Å²) in [6, 6.07) is 7.88. The molecule has 0 bridgehead atoms. The molecule has 1 aromatic rings. The second-order valence-electron chi connectivity index (χ2n) is 4.50. The molecule has 0 aliphatic carbocycles. The van der Waals surface area contributed by atoms with E-state index in [1.54, 1.807) is 0 Å². The van der Waals surface area contributed by atoms with Crippen LogP contribution in [0.5, 0.6) is 0 Å². The first-order valence-corrected chi connectivity index (χ1v) is 6.28. The highest BCUT2D eigenvalue weighted by Gasteiger charge is 2.20. The standard InChI is InChI=1S/C13H17ClN2O.ClH/c1-10-9-16(6-5-15-10)13(17)8-11-3-2-4-12(14)7-11;/h2-4,7,10,15H,5-6,8-9H2,1H3;1H/t10-;/m1./s1. The highest BCUT2D eigenvalue weighted by molar-refractivity contribution is 6.30. The maximum absolute atomic E-state index is 12.1. The molecule has 100 valence electrons. The summed E-state index contributed by atoms with van der Waals surface area (Å²) in [5.74, 6) is 0.181. The van der Waals surface area contributed by atoms with Crippen molar-refractivity contribution in [1.82, 2.24) is 10.2 Å².